The summed E-state index contributed by atoms with van der Waals surface area (Å²) in [6.45, 7) is 3.89. The molecule has 4 nitrogen and oxygen atoms in total. The quantitative estimate of drug-likeness (QED) is 0.801. The molecule has 1 heterocycles. The number of methoxy groups -OCH3 is 1. The molecule has 0 amide bonds. The van der Waals surface area contributed by atoms with Gasteiger partial charge >= 0.3 is 0 Å². The fourth-order valence-electron chi connectivity index (χ4n) is 1.91. The van der Waals surface area contributed by atoms with E-state index in [4.69, 9.17) is 9.47 Å². The summed E-state index contributed by atoms with van der Waals surface area (Å²) in [7, 11) is 1.66. The molecule has 1 unspecified atom stereocenters. The zero-order valence-electron chi connectivity index (χ0n) is 10.2. The molecule has 1 saturated heterocycles. The van der Waals surface area contributed by atoms with Gasteiger partial charge in [-0.25, -0.2) is 0 Å². The first kappa shape index (κ1) is 12.2. The van der Waals surface area contributed by atoms with Crippen LogP contribution < -0.4 is 20.1 Å². The Hall–Kier alpha value is -1.26. The minimum atomic E-state index is 0.530. The van der Waals surface area contributed by atoms with Crippen LogP contribution in [0.1, 0.15) is 6.42 Å². The highest BCUT2D eigenvalue weighted by molar-refractivity contribution is 5.31. The Kier molecular flexibility index (Phi) is 4.64. The van der Waals surface area contributed by atoms with Gasteiger partial charge in [-0.1, -0.05) is 0 Å². The smallest absolute Gasteiger partial charge is 0.119 e. The number of ether oxygens (including phenoxy) is 2. The minimum absolute atomic E-state index is 0.530. The summed E-state index contributed by atoms with van der Waals surface area (Å²) in [6, 6.07) is 8.23. The van der Waals surface area contributed by atoms with E-state index in [1.165, 1.54) is 0 Å². The molecular formula is C13H20N2O2. The van der Waals surface area contributed by atoms with Crippen molar-refractivity contribution in [2.24, 2.45) is 0 Å². The maximum absolute atomic E-state index is 5.68. The molecular weight excluding hydrogens is 216 g/mol. The number of benzene rings is 1. The summed E-state index contributed by atoms with van der Waals surface area (Å²) >= 11 is 0. The van der Waals surface area contributed by atoms with E-state index in [9.17, 15) is 0 Å². The summed E-state index contributed by atoms with van der Waals surface area (Å²) in [6.07, 6.45) is 1.03. The number of nitrogens with one attached hydrogen (secondary N) is 2. The standard InChI is InChI=1S/C13H20N2O2/c1-16-12-2-4-13(5-3-12)17-9-6-11-10-14-7-8-15-11/h2-5,11,14-15H,6-10H2,1H3. The number of rotatable bonds is 5. The molecule has 17 heavy (non-hydrogen) atoms. The Labute approximate surface area is 102 Å². The molecule has 1 aliphatic heterocycles. The molecule has 4 heteroatoms. The van der Waals surface area contributed by atoms with Crippen molar-refractivity contribution in [3.05, 3.63) is 24.3 Å². The molecule has 0 radical (unpaired) electrons. The second-order valence-electron chi connectivity index (χ2n) is 4.17. The van der Waals surface area contributed by atoms with E-state index in [2.05, 4.69) is 10.6 Å². The first-order chi connectivity index (χ1) is 8.38. The van der Waals surface area contributed by atoms with Gasteiger partial charge in [-0.2, -0.15) is 0 Å². The van der Waals surface area contributed by atoms with Crippen LogP contribution >= 0.6 is 0 Å². The Morgan fingerprint density at radius 3 is 2.59 bits per heavy atom. The van der Waals surface area contributed by atoms with Gasteiger partial charge in [0.1, 0.15) is 11.5 Å². The van der Waals surface area contributed by atoms with Gasteiger partial charge in [-0.3, -0.25) is 0 Å². The van der Waals surface area contributed by atoms with Gasteiger partial charge in [-0.05, 0) is 30.7 Å². The van der Waals surface area contributed by atoms with Crippen LogP contribution in [-0.4, -0.2) is 39.4 Å². The van der Waals surface area contributed by atoms with E-state index >= 15 is 0 Å². The zero-order valence-corrected chi connectivity index (χ0v) is 10.2. The number of hydrogen-bond acceptors (Lipinski definition) is 4. The van der Waals surface area contributed by atoms with Gasteiger partial charge in [0.05, 0.1) is 13.7 Å². The second-order valence-corrected chi connectivity index (χ2v) is 4.17. The van der Waals surface area contributed by atoms with Crippen LogP contribution in [0.2, 0.25) is 0 Å². The van der Waals surface area contributed by atoms with E-state index in [0.717, 1.165) is 44.2 Å². The lowest BCUT2D eigenvalue weighted by Crippen LogP contribution is -2.48. The van der Waals surface area contributed by atoms with Crippen molar-refractivity contribution < 1.29 is 9.47 Å². The van der Waals surface area contributed by atoms with Gasteiger partial charge in [0, 0.05) is 25.7 Å². The minimum Gasteiger partial charge on any atom is -0.497 e. The summed E-state index contributed by atoms with van der Waals surface area (Å²) in [4.78, 5) is 0. The van der Waals surface area contributed by atoms with Gasteiger partial charge in [-0.15, -0.1) is 0 Å². The van der Waals surface area contributed by atoms with Crippen LogP contribution in [0.3, 0.4) is 0 Å². The molecule has 1 aliphatic rings. The molecule has 1 atom stereocenters. The Morgan fingerprint density at radius 1 is 1.18 bits per heavy atom. The molecule has 0 aromatic heterocycles. The van der Waals surface area contributed by atoms with Crippen LogP contribution in [0.5, 0.6) is 11.5 Å². The normalized spacial score (nSPS) is 19.9. The summed E-state index contributed by atoms with van der Waals surface area (Å²) in [5, 5.41) is 6.83. The third kappa shape index (κ3) is 3.91. The summed E-state index contributed by atoms with van der Waals surface area (Å²) in [5.41, 5.74) is 0. The largest absolute Gasteiger partial charge is 0.497 e. The molecule has 0 aliphatic carbocycles. The first-order valence-electron chi connectivity index (χ1n) is 6.09. The summed E-state index contributed by atoms with van der Waals surface area (Å²) < 4.78 is 10.8. The molecule has 0 saturated carbocycles. The molecule has 1 aromatic rings. The van der Waals surface area contributed by atoms with Crippen molar-refractivity contribution in [3.8, 4) is 11.5 Å². The molecule has 1 fully saturated rings. The van der Waals surface area contributed by atoms with Crippen molar-refractivity contribution >= 4 is 0 Å². The van der Waals surface area contributed by atoms with Crippen molar-refractivity contribution in [1.29, 1.82) is 0 Å². The Bertz CT molecular complexity index is 321. The van der Waals surface area contributed by atoms with Gasteiger partial charge in [0.2, 0.25) is 0 Å². The first-order valence-corrected chi connectivity index (χ1v) is 6.09. The second kappa shape index (κ2) is 6.47. The molecule has 2 N–H and O–H groups in total. The average molecular weight is 236 g/mol. The third-order valence-corrected chi connectivity index (χ3v) is 2.92. The van der Waals surface area contributed by atoms with E-state index in [1.807, 2.05) is 24.3 Å². The lowest BCUT2D eigenvalue weighted by molar-refractivity contribution is 0.273. The fraction of sp³-hybridized carbons (Fsp3) is 0.538. The van der Waals surface area contributed by atoms with Crippen LogP contribution in [-0.2, 0) is 0 Å². The van der Waals surface area contributed by atoms with Crippen molar-refractivity contribution in [2.75, 3.05) is 33.4 Å². The van der Waals surface area contributed by atoms with Crippen molar-refractivity contribution in [2.45, 2.75) is 12.5 Å². The zero-order chi connectivity index (χ0) is 11.9. The van der Waals surface area contributed by atoms with E-state index in [-0.39, 0.29) is 0 Å². The molecule has 2 rings (SSSR count). The molecule has 94 valence electrons. The van der Waals surface area contributed by atoms with E-state index in [1.54, 1.807) is 7.11 Å². The Balaban J connectivity index is 1.69. The molecule has 0 bridgehead atoms. The van der Waals surface area contributed by atoms with Crippen LogP contribution in [0.15, 0.2) is 24.3 Å². The Morgan fingerprint density at radius 2 is 1.94 bits per heavy atom. The van der Waals surface area contributed by atoms with Gasteiger partial charge in [0.25, 0.3) is 0 Å². The number of piperazine rings is 1. The SMILES string of the molecule is COc1ccc(OCCC2CNCCN2)cc1. The number of hydrogen-bond donors (Lipinski definition) is 2. The van der Waals surface area contributed by atoms with E-state index < -0.39 is 0 Å². The predicted molar refractivity (Wildman–Crippen MR) is 67.8 cm³/mol. The lowest BCUT2D eigenvalue weighted by Gasteiger charge is -2.24. The van der Waals surface area contributed by atoms with E-state index in [0.29, 0.717) is 6.04 Å². The highest BCUT2D eigenvalue weighted by Gasteiger charge is 2.11. The third-order valence-electron chi connectivity index (χ3n) is 2.92. The van der Waals surface area contributed by atoms with Gasteiger partial charge < -0.3 is 20.1 Å². The predicted octanol–water partition coefficient (Wildman–Crippen LogP) is 1.03. The maximum Gasteiger partial charge on any atom is 0.119 e. The summed E-state index contributed by atoms with van der Waals surface area (Å²) in [5.74, 6) is 1.75. The highest BCUT2D eigenvalue weighted by Crippen LogP contribution is 2.17. The maximum atomic E-state index is 5.68. The van der Waals surface area contributed by atoms with Crippen molar-refractivity contribution in [1.82, 2.24) is 10.6 Å². The lowest BCUT2D eigenvalue weighted by atomic mass is 10.2. The fourth-order valence-corrected chi connectivity index (χ4v) is 1.91. The highest BCUT2D eigenvalue weighted by atomic mass is 16.5. The van der Waals surface area contributed by atoms with Crippen molar-refractivity contribution in [3.63, 3.8) is 0 Å². The monoisotopic (exact) mass is 236 g/mol. The van der Waals surface area contributed by atoms with Gasteiger partial charge in [0.15, 0.2) is 0 Å². The topological polar surface area (TPSA) is 42.5 Å². The molecule has 1 aromatic carbocycles. The van der Waals surface area contributed by atoms with Crippen LogP contribution in [0.25, 0.3) is 0 Å². The van der Waals surface area contributed by atoms with Crippen LogP contribution in [0.4, 0.5) is 0 Å². The average Bonchev–Trinajstić information content (AvgIpc) is 2.41. The van der Waals surface area contributed by atoms with Crippen LogP contribution in [0, 0.1) is 0 Å². The molecule has 0 spiro atoms.